The number of carboxylic acids is 1. The second kappa shape index (κ2) is 7.19. The molecule has 0 heterocycles. The normalized spacial score (nSPS) is 11.4. The van der Waals surface area contributed by atoms with Crippen molar-refractivity contribution in [3.05, 3.63) is 35.4 Å². The molecule has 2 N–H and O–H groups in total. The van der Waals surface area contributed by atoms with Gasteiger partial charge in [0.15, 0.2) is 11.6 Å². The number of carbonyl (C=O) groups excluding carboxylic acids is 1. The first-order valence-electron chi connectivity index (χ1n) is 5.77. The maximum atomic E-state index is 13.0. The molecule has 0 aliphatic heterocycles. The van der Waals surface area contributed by atoms with Crippen LogP contribution >= 0.6 is 0 Å². The SMILES string of the molecule is N#CCC[C@@H](NC(=O)Cc1ccc(F)c(F)c1)C(=O)O. The third-order valence-corrected chi connectivity index (χ3v) is 2.53. The molecule has 0 aliphatic carbocycles. The summed E-state index contributed by atoms with van der Waals surface area (Å²) in [6.45, 7) is 0. The Balaban J connectivity index is 2.63. The van der Waals surface area contributed by atoms with E-state index in [4.69, 9.17) is 10.4 Å². The van der Waals surface area contributed by atoms with Crippen molar-refractivity contribution in [2.45, 2.75) is 25.3 Å². The second-order valence-corrected chi connectivity index (χ2v) is 4.08. The number of rotatable bonds is 6. The minimum atomic E-state index is -1.25. The highest BCUT2D eigenvalue weighted by Crippen LogP contribution is 2.09. The number of nitriles is 1. The van der Waals surface area contributed by atoms with Gasteiger partial charge < -0.3 is 10.4 Å². The maximum absolute atomic E-state index is 13.0. The summed E-state index contributed by atoms with van der Waals surface area (Å²) in [4.78, 5) is 22.5. The zero-order chi connectivity index (χ0) is 15.1. The largest absolute Gasteiger partial charge is 0.480 e. The van der Waals surface area contributed by atoms with Gasteiger partial charge in [-0.1, -0.05) is 6.07 Å². The molecule has 0 bridgehead atoms. The standard InChI is InChI=1S/C13H12F2N2O3/c14-9-4-3-8(6-10(9)15)7-12(18)17-11(13(19)20)2-1-5-16/h3-4,6,11H,1-2,7H2,(H,17,18)(H,19,20)/t11-/m1/s1. The summed E-state index contributed by atoms with van der Waals surface area (Å²) in [7, 11) is 0. The average Bonchev–Trinajstić information content (AvgIpc) is 2.38. The monoisotopic (exact) mass is 282 g/mol. The summed E-state index contributed by atoms with van der Waals surface area (Å²) in [5.74, 6) is -3.98. The molecule has 1 aromatic carbocycles. The summed E-state index contributed by atoms with van der Waals surface area (Å²) < 4.78 is 25.7. The van der Waals surface area contributed by atoms with Crippen LogP contribution in [0.1, 0.15) is 18.4 Å². The molecule has 0 saturated carbocycles. The van der Waals surface area contributed by atoms with Crippen LogP contribution in [0.15, 0.2) is 18.2 Å². The molecule has 0 aromatic heterocycles. The molecule has 7 heteroatoms. The molecule has 0 aliphatic rings. The van der Waals surface area contributed by atoms with Crippen LogP contribution in [-0.2, 0) is 16.0 Å². The third-order valence-electron chi connectivity index (χ3n) is 2.53. The Bertz CT molecular complexity index is 555. The minimum absolute atomic E-state index is 0.0115. The molecule has 1 amide bonds. The van der Waals surface area contributed by atoms with Gasteiger partial charge in [-0.15, -0.1) is 0 Å². The molecule has 0 fully saturated rings. The Kier molecular flexibility index (Phi) is 5.59. The number of hydrogen-bond acceptors (Lipinski definition) is 3. The Hall–Kier alpha value is -2.49. The molecular formula is C13H12F2N2O3. The van der Waals surface area contributed by atoms with Crippen molar-refractivity contribution in [1.29, 1.82) is 5.26 Å². The van der Waals surface area contributed by atoms with Crippen LogP contribution in [0.4, 0.5) is 8.78 Å². The molecule has 1 aromatic rings. The van der Waals surface area contributed by atoms with E-state index in [0.29, 0.717) is 0 Å². The molecule has 0 saturated heterocycles. The van der Waals surface area contributed by atoms with Crippen molar-refractivity contribution in [1.82, 2.24) is 5.32 Å². The maximum Gasteiger partial charge on any atom is 0.326 e. The number of halogens is 2. The molecule has 0 radical (unpaired) electrons. The fourth-order valence-electron chi connectivity index (χ4n) is 1.55. The summed E-state index contributed by atoms with van der Waals surface area (Å²) in [6, 6.07) is 3.62. The van der Waals surface area contributed by atoms with E-state index in [2.05, 4.69) is 5.32 Å². The molecule has 106 valence electrons. The first kappa shape index (κ1) is 15.6. The van der Waals surface area contributed by atoms with Crippen LogP contribution in [-0.4, -0.2) is 23.0 Å². The molecule has 1 atom stereocenters. The van der Waals surface area contributed by atoms with Crippen LogP contribution in [0.5, 0.6) is 0 Å². The molecule has 1 rings (SSSR count). The van der Waals surface area contributed by atoms with Gasteiger partial charge in [-0.3, -0.25) is 4.79 Å². The smallest absolute Gasteiger partial charge is 0.326 e. The lowest BCUT2D eigenvalue weighted by Crippen LogP contribution is -2.41. The van der Waals surface area contributed by atoms with Crippen molar-refractivity contribution >= 4 is 11.9 Å². The second-order valence-electron chi connectivity index (χ2n) is 4.08. The highest BCUT2D eigenvalue weighted by Gasteiger charge is 2.19. The lowest BCUT2D eigenvalue weighted by atomic mass is 10.1. The minimum Gasteiger partial charge on any atom is -0.480 e. The van der Waals surface area contributed by atoms with Crippen LogP contribution < -0.4 is 5.32 Å². The highest BCUT2D eigenvalue weighted by molar-refractivity contribution is 5.84. The van der Waals surface area contributed by atoms with Crippen LogP contribution in [0.3, 0.4) is 0 Å². The number of aliphatic carboxylic acids is 1. The van der Waals surface area contributed by atoms with Crippen molar-refractivity contribution in [3.63, 3.8) is 0 Å². The van der Waals surface area contributed by atoms with Crippen LogP contribution in [0.25, 0.3) is 0 Å². The molecule has 0 spiro atoms. The molecule has 0 unspecified atom stereocenters. The first-order chi connectivity index (χ1) is 9.43. The number of carboxylic acid groups (broad SMARTS) is 1. The average molecular weight is 282 g/mol. The van der Waals surface area contributed by atoms with Crippen molar-refractivity contribution in [2.75, 3.05) is 0 Å². The van der Waals surface area contributed by atoms with Gasteiger partial charge in [-0.2, -0.15) is 5.26 Å². The fourth-order valence-corrected chi connectivity index (χ4v) is 1.55. The van der Waals surface area contributed by atoms with Gasteiger partial charge in [0.25, 0.3) is 0 Å². The Morgan fingerprint density at radius 3 is 2.60 bits per heavy atom. The van der Waals surface area contributed by atoms with Crippen molar-refractivity contribution in [2.24, 2.45) is 0 Å². The van der Waals surface area contributed by atoms with Crippen molar-refractivity contribution in [3.8, 4) is 6.07 Å². The topological polar surface area (TPSA) is 90.2 Å². The number of carbonyl (C=O) groups is 2. The lowest BCUT2D eigenvalue weighted by Gasteiger charge is -2.13. The summed E-state index contributed by atoms with van der Waals surface area (Å²) >= 11 is 0. The quantitative estimate of drug-likeness (QED) is 0.824. The van der Waals surface area contributed by atoms with Gasteiger partial charge in [0.1, 0.15) is 6.04 Å². The van der Waals surface area contributed by atoms with E-state index in [0.717, 1.165) is 12.1 Å². The van der Waals surface area contributed by atoms with E-state index in [-0.39, 0.29) is 24.8 Å². The predicted octanol–water partition coefficient (Wildman–Crippen LogP) is 1.38. The Labute approximate surface area is 113 Å². The van der Waals surface area contributed by atoms with E-state index >= 15 is 0 Å². The van der Waals surface area contributed by atoms with Crippen molar-refractivity contribution < 1.29 is 23.5 Å². The van der Waals surface area contributed by atoms with Gasteiger partial charge in [0.05, 0.1) is 12.5 Å². The van der Waals surface area contributed by atoms with Gasteiger partial charge >= 0.3 is 5.97 Å². The van der Waals surface area contributed by atoms with E-state index < -0.39 is 29.6 Å². The van der Waals surface area contributed by atoms with E-state index in [1.54, 1.807) is 6.07 Å². The molecule has 20 heavy (non-hydrogen) atoms. The highest BCUT2D eigenvalue weighted by atomic mass is 19.2. The van der Waals surface area contributed by atoms with Gasteiger partial charge in [0.2, 0.25) is 5.91 Å². The van der Waals surface area contributed by atoms with E-state index in [1.165, 1.54) is 6.07 Å². The van der Waals surface area contributed by atoms with E-state index in [1.807, 2.05) is 0 Å². The zero-order valence-electron chi connectivity index (χ0n) is 10.4. The molecular weight excluding hydrogens is 270 g/mol. The predicted molar refractivity (Wildman–Crippen MR) is 64.5 cm³/mol. The molecule has 5 nitrogen and oxygen atoms in total. The van der Waals surface area contributed by atoms with Crippen LogP contribution in [0, 0.1) is 23.0 Å². The Morgan fingerprint density at radius 2 is 2.05 bits per heavy atom. The summed E-state index contributed by atoms with van der Waals surface area (Å²) in [5, 5.41) is 19.5. The number of hydrogen-bond donors (Lipinski definition) is 2. The summed E-state index contributed by atoms with van der Waals surface area (Å²) in [5.41, 5.74) is 0.228. The van der Waals surface area contributed by atoms with E-state index in [9.17, 15) is 18.4 Å². The summed E-state index contributed by atoms with van der Waals surface area (Å²) in [6.07, 6.45) is -0.300. The lowest BCUT2D eigenvalue weighted by molar-refractivity contribution is -0.141. The van der Waals surface area contributed by atoms with Crippen LogP contribution in [0.2, 0.25) is 0 Å². The van der Waals surface area contributed by atoms with Gasteiger partial charge in [0, 0.05) is 6.42 Å². The number of amides is 1. The Morgan fingerprint density at radius 1 is 1.35 bits per heavy atom. The fraction of sp³-hybridized carbons (Fsp3) is 0.308. The number of nitrogens with zero attached hydrogens (tertiary/aromatic N) is 1. The van der Waals surface area contributed by atoms with Gasteiger partial charge in [-0.05, 0) is 24.1 Å². The number of nitrogens with one attached hydrogen (secondary N) is 1. The first-order valence-corrected chi connectivity index (χ1v) is 5.77. The van der Waals surface area contributed by atoms with Gasteiger partial charge in [-0.25, -0.2) is 13.6 Å². The zero-order valence-corrected chi connectivity index (χ0v) is 10.4. The third kappa shape index (κ3) is 4.65. The number of benzene rings is 1.